The first-order valence-electron chi connectivity index (χ1n) is 3.63. The number of phenols is 1. The molecule has 0 saturated heterocycles. The lowest BCUT2D eigenvalue weighted by atomic mass is 10.0. The van der Waals surface area contributed by atoms with Crippen LogP contribution in [-0.2, 0) is 0 Å². The van der Waals surface area contributed by atoms with Gasteiger partial charge in [-0.3, -0.25) is 0 Å². The summed E-state index contributed by atoms with van der Waals surface area (Å²) in [7, 11) is 0. The van der Waals surface area contributed by atoms with Crippen molar-refractivity contribution in [3.63, 3.8) is 0 Å². The molecule has 0 aliphatic carbocycles. The van der Waals surface area contributed by atoms with E-state index in [0.717, 1.165) is 0 Å². The molecule has 68 valence electrons. The van der Waals surface area contributed by atoms with Gasteiger partial charge in [-0.1, -0.05) is 11.6 Å². The predicted octanol–water partition coefficient (Wildman–Crippen LogP) is 2.81. The molecule has 0 saturated carbocycles. The number of benzene rings is 1. The molecule has 0 aromatic heterocycles. The van der Waals surface area contributed by atoms with Gasteiger partial charge in [0.15, 0.2) is 11.6 Å². The summed E-state index contributed by atoms with van der Waals surface area (Å²) in [5.41, 5.74) is 0.506. The van der Waals surface area contributed by atoms with Crippen LogP contribution in [0.25, 0.3) is 0 Å². The molecule has 2 nitrogen and oxygen atoms in total. The molecule has 0 amide bonds. The van der Waals surface area contributed by atoms with E-state index < -0.39 is 17.5 Å². The molecule has 1 aromatic carbocycles. The molecule has 1 rings (SSSR count). The summed E-state index contributed by atoms with van der Waals surface area (Å²) in [5, 5.41) is 17.5. The number of halogens is 2. The summed E-state index contributed by atoms with van der Waals surface area (Å²) >= 11 is 5.48. The molecule has 0 aliphatic rings. The molecule has 1 atom stereocenters. The Labute approximate surface area is 80.2 Å². The maximum Gasteiger partial charge on any atom is 0.183 e. The molecule has 0 bridgehead atoms. The van der Waals surface area contributed by atoms with E-state index in [9.17, 15) is 4.39 Å². The van der Waals surface area contributed by atoms with Crippen LogP contribution in [-0.4, -0.2) is 5.11 Å². The van der Waals surface area contributed by atoms with Crippen LogP contribution < -0.4 is 0 Å². The highest BCUT2D eigenvalue weighted by molar-refractivity contribution is 6.31. The minimum Gasteiger partial charge on any atom is -0.505 e. The summed E-state index contributed by atoms with van der Waals surface area (Å²) in [6, 6.07) is 4.50. The summed E-state index contributed by atoms with van der Waals surface area (Å²) < 4.78 is 12.8. The third-order valence-corrected chi connectivity index (χ3v) is 2.00. The smallest absolute Gasteiger partial charge is 0.183 e. The van der Waals surface area contributed by atoms with Crippen LogP contribution in [0.5, 0.6) is 5.75 Å². The van der Waals surface area contributed by atoms with E-state index in [0.29, 0.717) is 5.56 Å². The van der Waals surface area contributed by atoms with Crippen molar-refractivity contribution in [3.8, 4) is 11.8 Å². The van der Waals surface area contributed by atoms with Crippen LogP contribution in [0.1, 0.15) is 18.4 Å². The number of phenolic OH excluding ortho intramolecular Hbond substituents is 1. The number of hydrogen-bond acceptors (Lipinski definition) is 2. The van der Waals surface area contributed by atoms with Crippen molar-refractivity contribution >= 4 is 11.6 Å². The second-order valence-electron chi connectivity index (χ2n) is 2.69. The number of nitriles is 1. The molecule has 1 N–H and O–H groups in total. The van der Waals surface area contributed by atoms with E-state index in [2.05, 4.69) is 0 Å². The van der Waals surface area contributed by atoms with E-state index in [4.69, 9.17) is 22.0 Å². The zero-order chi connectivity index (χ0) is 10.0. The van der Waals surface area contributed by atoms with Crippen molar-refractivity contribution < 1.29 is 9.50 Å². The Hall–Kier alpha value is -1.27. The molecule has 0 heterocycles. The second-order valence-corrected chi connectivity index (χ2v) is 3.09. The van der Waals surface area contributed by atoms with Gasteiger partial charge in [0, 0.05) is 0 Å². The Balaban J connectivity index is 3.22. The van der Waals surface area contributed by atoms with Gasteiger partial charge in [-0.15, -0.1) is 0 Å². The van der Waals surface area contributed by atoms with Crippen LogP contribution >= 0.6 is 11.6 Å². The fourth-order valence-electron chi connectivity index (χ4n) is 0.919. The highest BCUT2D eigenvalue weighted by Gasteiger charge is 2.11. The van der Waals surface area contributed by atoms with Crippen molar-refractivity contribution in [2.24, 2.45) is 0 Å². The number of nitrogens with zero attached hydrogens (tertiary/aromatic N) is 1. The quantitative estimate of drug-likeness (QED) is 0.756. The average molecular weight is 200 g/mol. The van der Waals surface area contributed by atoms with Crippen molar-refractivity contribution in [2.75, 3.05) is 0 Å². The van der Waals surface area contributed by atoms with Gasteiger partial charge in [-0.2, -0.15) is 5.26 Å². The van der Waals surface area contributed by atoms with Crippen molar-refractivity contribution in [2.45, 2.75) is 12.8 Å². The molecule has 0 aliphatic heterocycles. The van der Waals surface area contributed by atoms with Crippen LogP contribution in [0.2, 0.25) is 5.02 Å². The third-order valence-electron chi connectivity index (χ3n) is 1.72. The van der Waals surface area contributed by atoms with Gasteiger partial charge in [0.05, 0.1) is 17.0 Å². The van der Waals surface area contributed by atoms with Gasteiger partial charge in [-0.25, -0.2) is 4.39 Å². The lowest BCUT2D eigenvalue weighted by Crippen LogP contribution is -1.91. The molecule has 0 spiro atoms. The third kappa shape index (κ3) is 1.90. The Morgan fingerprint density at radius 2 is 2.23 bits per heavy atom. The Morgan fingerprint density at radius 1 is 1.62 bits per heavy atom. The van der Waals surface area contributed by atoms with Gasteiger partial charge in [0.2, 0.25) is 0 Å². The Kier molecular flexibility index (Phi) is 2.74. The molecule has 0 fully saturated rings. The molecule has 13 heavy (non-hydrogen) atoms. The first-order valence-corrected chi connectivity index (χ1v) is 4.01. The molecular formula is C9H7ClFNO. The van der Waals surface area contributed by atoms with E-state index in [1.807, 2.05) is 6.07 Å². The fraction of sp³-hybridized carbons (Fsp3) is 0.222. The van der Waals surface area contributed by atoms with Gasteiger partial charge < -0.3 is 5.11 Å². The molecule has 1 aromatic rings. The first-order chi connectivity index (χ1) is 6.06. The first kappa shape index (κ1) is 9.82. The van der Waals surface area contributed by atoms with E-state index in [1.54, 1.807) is 6.92 Å². The van der Waals surface area contributed by atoms with Crippen molar-refractivity contribution in [3.05, 3.63) is 28.5 Å². The fourth-order valence-corrected chi connectivity index (χ4v) is 1.14. The summed E-state index contributed by atoms with van der Waals surface area (Å²) in [6.45, 7) is 1.64. The molecule has 0 radical (unpaired) electrons. The van der Waals surface area contributed by atoms with Crippen LogP contribution in [0, 0.1) is 17.1 Å². The second kappa shape index (κ2) is 3.63. The van der Waals surface area contributed by atoms with Gasteiger partial charge in [-0.05, 0) is 24.6 Å². The molecule has 4 heteroatoms. The summed E-state index contributed by atoms with van der Waals surface area (Å²) in [6.07, 6.45) is 0. The zero-order valence-corrected chi connectivity index (χ0v) is 7.64. The predicted molar refractivity (Wildman–Crippen MR) is 47.1 cm³/mol. The minimum atomic E-state index is -0.851. The van der Waals surface area contributed by atoms with Crippen LogP contribution in [0.15, 0.2) is 12.1 Å². The van der Waals surface area contributed by atoms with Crippen molar-refractivity contribution in [1.29, 1.82) is 5.26 Å². The topological polar surface area (TPSA) is 44.0 Å². The normalized spacial score (nSPS) is 12.2. The highest BCUT2D eigenvalue weighted by atomic mass is 35.5. The number of hydrogen-bond donors (Lipinski definition) is 1. The monoisotopic (exact) mass is 199 g/mol. The summed E-state index contributed by atoms with van der Waals surface area (Å²) in [5.74, 6) is -1.79. The van der Waals surface area contributed by atoms with Crippen LogP contribution in [0.3, 0.4) is 0 Å². The van der Waals surface area contributed by atoms with Gasteiger partial charge >= 0.3 is 0 Å². The largest absolute Gasteiger partial charge is 0.505 e. The van der Waals surface area contributed by atoms with E-state index in [1.165, 1.54) is 12.1 Å². The van der Waals surface area contributed by atoms with E-state index in [-0.39, 0.29) is 5.02 Å². The standard InChI is InChI=1S/C9H7ClFNO/c1-5(4-12)6-2-7(10)9(11)8(13)3-6/h2-3,5,13H,1H3. The van der Waals surface area contributed by atoms with E-state index >= 15 is 0 Å². The maximum absolute atomic E-state index is 12.8. The van der Waals surface area contributed by atoms with Crippen LogP contribution in [0.4, 0.5) is 4.39 Å². The van der Waals surface area contributed by atoms with Gasteiger partial charge in [0.1, 0.15) is 0 Å². The maximum atomic E-state index is 12.8. The lowest BCUT2D eigenvalue weighted by molar-refractivity contribution is 0.431. The minimum absolute atomic E-state index is 0.169. The highest BCUT2D eigenvalue weighted by Crippen LogP contribution is 2.28. The SMILES string of the molecule is CC(C#N)c1cc(O)c(F)c(Cl)c1. The average Bonchev–Trinajstić information content (AvgIpc) is 2.12. The number of rotatable bonds is 1. The molecular weight excluding hydrogens is 193 g/mol. The Morgan fingerprint density at radius 3 is 2.69 bits per heavy atom. The zero-order valence-electron chi connectivity index (χ0n) is 6.88. The summed E-state index contributed by atoms with van der Waals surface area (Å²) in [4.78, 5) is 0. The Bertz CT molecular complexity index is 349. The molecule has 1 unspecified atom stereocenters. The van der Waals surface area contributed by atoms with Crippen molar-refractivity contribution in [1.82, 2.24) is 0 Å². The lowest BCUT2D eigenvalue weighted by Gasteiger charge is -2.05. The van der Waals surface area contributed by atoms with Gasteiger partial charge in [0.25, 0.3) is 0 Å². The number of aromatic hydroxyl groups is 1.